The van der Waals surface area contributed by atoms with Gasteiger partial charge in [0.2, 0.25) is 5.91 Å². The van der Waals surface area contributed by atoms with E-state index in [1.165, 1.54) is 5.56 Å². The highest BCUT2D eigenvalue weighted by Gasteiger charge is 2.04. The van der Waals surface area contributed by atoms with Gasteiger partial charge in [-0.2, -0.15) is 0 Å². The van der Waals surface area contributed by atoms with Gasteiger partial charge in [0.05, 0.1) is 6.54 Å². The molecule has 0 aliphatic rings. The van der Waals surface area contributed by atoms with E-state index >= 15 is 0 Å². The first-order chi connectivity index (χ1) is 13.1. The summed E-state index contributed by atoms with van der Waals surface area (Å²) >= 11 is 5.90. The van der Waals surface area contributed by atoms with Crippen molar-refractivity contribution in [2.24, 2.45) is 4.99 Å². The second-order valence-electron chi connectivity index (χ2n) is 6.03. The predicted molar refractivity (Wildman–Crippen MR) is 111 cm³/mol. The fraction of sp³-hybridized carbons (Fsp3) is 0.350. The topological polar surface area (TPSA) is 78.4 Å². The van der Waals surface area contributed by atoms with E-state index in [9.17, 15) is 4.79 Å². The molecule has 144 valence electrons. The molecule has 0 saturated heterocycles. The van der Waals surface area contributed by atoms with Crippen LogP contribution in [-0.2, 0) is 11.2 Å². The van der Waals surface area contributed by atoms with Crippen molar-refractivity contribution in [1.29, 1.82) is 0 Å². The van der Waals surface area contributed by atoms with E-state index in [0.29, 0.717) is 24.7 Å². The third kappa shape index (κ3) is 8.09. The molecule has 6 nitrogen and oxygen atoms in total. The Labute approximate surface area is 165 Å². The number of nitrogens with zero attached hydrogens (tertiary/aromatic N) is 2. The molecule has 27 heavy (non-hydrogen) atoms. The van der Waals surface area contributed by atoms with Crippen LogP contribution in [0.15, 0.2) is 47.5 Å². The fourth-order valence-electron chi connectivity index (χ4n) is 2.41. The molecule has 3 N–H and O–H groups in total. The molecule has 7 heteroatoms. The Morgan fingerprint density at radius 1 is 1.15 bits per heavy atom. The normalized spacial score (nSPS) is 11.1. The number of guanidine groups is 1. The summed E-state index contributed by atoms with van der Waals surface area (Å²) in [6.07, 6.45) is 1.16. The van der Waals surface area contributed by atoms with E-state index in [2.05, 4.69) is 25.9 Å². The number of rotatable bonds is 8. The van der Waals surface area contributed by atoms with Gasteiger partial charge in [-0.1, -0.05) is 29.8 Å². The lowest BCUT2D eigenvalue weighted by Crippen LogP contribution is -2.38. The van der Waals surface area contributed by atoms with E-state index in [-0.39, 0.29) is 5.91 Å². The highest BCUT2D eigenvalue weighted by atomic mass is 35.5. The monoisotopic (exact) mass is 387 g/mol. The number of hydrogen-bond acceptors (Lipinski definition) is 3. The van der Waals surface area contributed by atoms with Gasteiger partial charge in [-0.25, -0.2) is 4.98 Å². The molecule has 0 atom stereocenters. The first-order valence-corrected chi connectivity index (χ1v) is 9.44. The second kappa shape index (κ2) is 11.2. The third-order valence-corrected chi connectivity index (χ3v) is 3.98. The summed E-state index contributed by atoms with van der Waals surface area (Å²) in [6, 6.07) is 13.3. The Hall–Kier alpha value is -2.60. The Morgan fingerprint density at radius 2 is 1.93 bits per heavy atom. The Balaban J connectivity index is 1.76. The molecule has 1 aromatic heterocycles. The molecule has 1 heterocycles. The molecule has 1 amide bonds. The van der Waals surface area contributed by atoms with E-state index in [4.69, 9.17) is 11.6 Å². The summed E-state index contributed by atoms with van der Waals surface area (Å²) in [5.74, 6) is 1.17. The molecule has 0 bridgehead atoms. The highest BCUT2D eigenvalue weighted by molar-refractivity contribution is 6.30. The minimum absolute atomic E-state index is 0.103. The van der Waals surface area contributed by atoms with Crippen molar-refractivity contribution in [2.75, 3.05) is 25.0 Å². The van der Waals surface area contributed by atoms with Crippen LogP contribution in [0.4, 0.5) is 5.82 Å². The number of benzene rings is 1. The van der Waals surface area contributed by atoms with Gasteiger partial charge >= 0.3 is 0 Å². The zero-order chi connectivity index (χ0) is 19.5. The lowest BCUT2D eigenvalue weighted by Gasteiger charge is -2.11. The Kier molecular flexibility index (Phi) is 8.58. The molecular formula is C20H26ClN5O. The average Bonchev–Trinajstić information content (AvgIpc) is 2.63. The second-order valence-corrected chi connectivity index (χ2v) is 6.46. The summed E-state index contributed by atoms with van der Waals surface area (Å²) in [5, 5.41) is 9.98. The quantitative estimate of drug-likeness (QED) is 0.480. The SMILES string of the molecule is CCNC(=NCCC(=O)Nc1cccc(C)n1)NCCc1ccc(Cl)cc1. The van der Waals surface area contributed by atoms with Crippen LogP contribution >= 0.6 is 11.6 Å². The summed E-state index contributed by atoms with van der Waals surface area (Å²) in [4.78, 5) is 20.7. The molecular weight excluding hydrogens is 362 g/mol. The predicted octanol–water partition coefficient (Wildman–Crippen LogP) is 3.17. The van der Waals surface area contributed by atoms with Crippen LogP contribution in [-0.4, -0.2) is 36.5 Å². The molecule has 2 aromatic rings. The molecule has 0 saturated carbocycles. The van der Waals surface area contributed by atoms with Gasteiger partial charge in [0, 0.05) is 30.2 Å². The van der Waals surface area contributed by atoms with Crippen LogP contribution in [0.2, 0.25) is 5.02 Å². The van der Waals surface area contributed by atoms with Crippen molar-refractivity contribution in [1.82, 2.24) is 15.6 Å². The van der Waals surface area contributed by atoms with Gasteiger partial charge in [0.25, 0.3) is 0 Å². The van der Waals surface area contributed by atoms with E-state index in [0.717, 1.165) is 30.2 Å². The van der Waals surface area contributed by atoms with Crippen LogP contribution in [0.25, 0.3) is 0 Å². The van der Waals surface area contributed by atoms with Crippen molar-refractivity contribution in [3.8, 4) is 0 Å². The van der Waals surface area contributed by atoms with Gasteiger partial charge in [-0.3, -0.25) is 9.79 Å². The van der Waals surface area contributed by atoms with Gasteiger partial charge in [-0.05, 0) is 50.1 Å². The number of aromatic nitrogens is 1. The van der Waals surface area contributed by atoms with Crippen molar-refractivity contribution < 1.29 is 4.79 Å². The molecule has 0 aliphatic heterocycles. The van der Waals surface area contributed by atoms with Gasteiger partial charge < -0.3 is 16.0 Å². The lowest BCUT2D eigenvalue weighted by molar-refractivity contribution is -0.116. The zero-order valence-electron chi connectivity index (χ0n) is 15.8. The number of halogens is 1. The molecule has 1 aromatic carbocycles. The largest absolute Gasteiger partial charge is 0.357 e. The number of aliphatic imine (C=N–C) groups is 1. The van der Waals surface area contributed by atoms with Crippen LogP contribution in [0, 0.1) is 6.92 Å². The molecule has 0 fully saturated rings. The number of aryl methyl sites for hydroxylation is 1. The van der Waals surface area contributed by atoms with Crippen LogP contribution in [0.3, 0.4) is 0 Å². The number of pyridine rings is 1. The number of nitrogens with one attached hydrogen (secondary N) is 3. The first kappa shape index (κ1) is 20.7. The van der Waals surface area contributed by atoms with Crippen molar-refractivity contribution in [3.63, 3.8) is 0 Å². The number of anilines is 1. The van der Waals surface area contributed by atoms with E-state index in [1.807, 2.05) is 50.2 Å². The zero-order valence-corrected chi connectivity index (χ0v) is 16.5. The number of carbonyl (C=O) groups excluding carboxylic acids is 1. The van der Waals surface area contributed by atoms with Gasteiger partial charge in [0.15, 0.2) is 5.96 Å². The maximum atomic E-state index is 12.0. The van der Waals surface area contributed by atoms with Crippen molar-refractivity contribution >= 4 is 29.3 Å². The summed E-state index contributed by atoms with van der Waals surface area (Å²) in [5.41, 5.74) is 2.07. The summed E-state index contributed by atoms with van der Waals surface area (Å²) < 4.78 is 0. The van der Waals surface area contributed by atoms with Crippen LogP contribution in [0.5, 0.6) is 0 Å². The van der Waals surface area contributed by atoms with Crippen LogP contribution < -0.4 is 16.0 Å². The third-order valence-electron chi connectivity index (χ3n) is 3.73. The minimum Gasteiger partial charge on any atom is -0.357 e. The van der Waals surface area contributed by atoms with Gasteiger partial charge in [-0.15, -0.1) is 0 Å². The molecule has 0 unspecified atom stereocenters. The molecule has 0 radical (unpaired) electrons. The summed E-state index contributed by atoms with van der Waals surface area (Å²) in [6.45, 7) is 5.79. The minimum atomic E-state index is -0.103. The number of amides is 1. The average molecular weight is 388 g/mol. The van der Waals surface area contributed by atoms with Crippen LogP contribution in [0.1, 0.15) is 24.6 Å². The lowest BCUT2D eigenvalue weighted by atomic mass is 10.1. The fourth-order valence-corrected chi connectivity index (χ4v) is 2.53. The van der Waals surface area contributed by atoms with E-state index in [1.54, 1.807) is 6.07 Å². The molecule has 0 spiro atoms. The Bertz CT molecular complexity index is 761. The molecule has 2 rings (SSSR count). The first-order valence-electron chi connectivity index (χ1n) is 9.07. The maximum absolute atomic E-state index is 12.0. The van der Waals surface area contributed by atoms with E-state index < -0.39 is 0 Å². The molecule has 0 aliphatic carbocycles. The smallest absolute Gasteiger partial charge is 0.227 e. The van der Waals surface area contributed by atoms with Crippen molar-refractivity contribution in [3.05, 3.63) is 58.7 Å². The number of hydrogen-bond donors (Lipinski definition) is 3. The standard InChI is InChI=1S/C20H26ClN5O/c1-3-22-20(23-13-11-16-7-9-17(21)10-8-16)24-14-12-19(27)26-18-6-4-5-15(2)25-18/h4-10H,3,11-14H2,1-2H3,(H2,22,23,24)(H,25,26,27). The Morgan fingerprint density at radius 3 is 2.63 bits per heavy atom. The summed E-state index contributed by atoms with van der Waals surface area (Å²) in [7, 11) is 0. The number of carbonyl (C=O) groups is 1. The maximum Gasteiger partial charge on any atom is 0.227 e. The highest BCUT2D eigenvalue weighted by Crippen LogP contribution is 2.09. The van der Waals surface area contributed by atoms with Gasteiger partial charge in [0.1, 0.15) is 5.82 Å². The van der Waals surface area contributed by atoms with Crippen molar-refractivity contribution in [2.45, 2.75) is 26.7 Å².